The molecule has 3 nitrogen and oxygen atoms in total. The van der Waals surface area contributed by atoms with Crippen molar-refractivity contribution >= 4 is 27.3 Å². The summed E-state index contributed by atoms with van der Waals surface area (Å²) in [5, 5.41) is 6.99. The maximum Gasteiger partial charge on any atom is 0.0965 e. The van der Waals surface area contributed by atoms with Crippen molar-refractivity contribution in [1.29, 1.82) is 0 Å². The van der Waals surface area contributed by atoms with Gasteiger partial charge in [0.15, 0.2) is 0 Å². The van der Waals surface area contributed by atoms with Crippen LogP contribution in [0.4, 0.5) is 11.4 Å². The molecule has 2 aliphatic rings. The Morgan fingerprint density at radius 3 is 2.82 bits per heavy atom. The molecule has 2 N–H and O–H groups in total. The van der Waals surface area contributed by atoms with E-state index in [0.29, 0.717) is 12.2 Å². The number of hydrogen-bond donors (Lipinski definition) is 2. The van der Waals surface area contributed by atoms with E-state index in [1.54, 1.807) is 0 Å². The summed E-state index contributed by atoms with van der Waals surface area (Å²) in [5.74, 6) is 0. The molecule has 17 heavy (non-hydrogen) atoms. The summed E-state index contributed by atoms with van der Waals surface area (Å²) < 4.78 is 1.16. The summed E-state index contributed by atoms with van der Waals surface area (Å²) in [5.41, 5.74) is 2.61. The molecule has 0 aliphatic carbocycles. The number of fused-ring (bicyclic) bond motifs is 1. The summed E-state index contributed by atoms with van der Waals surface area (Å²) in [6.07, 6.45) is 2.87. The minimum absolute atomic E-state index is 0.405. The van der Waals surface area contributed by atoms with E-state index >= 15 is 0 Å². The van der Waals surface area contributed by atoms with Crippen molar-refractivity contribution in [3.05, 3.63) is 22.7 Å². The van der Waals surface area contributed by atoms with Crippen LogP contribution in [0.1, 0.15) is 19.8 Å². The zero-order valence-corrected chi connectivity index (χ0v) is 11.6. The van der Waals surface area contributed by atoms with Crippen LogP contribution in [-0.4, -0.2) is 25.3 Å². The van der Waals surface area contributed by atoms with E-state index in [-0.39, 0.29) is 0 Å². The van der Waals surface area contributed by atoms with Crippen molar-refractivity contribution in [2.45, 2.75) is 32.0 Å². The molecular weight excluding hydrogens is 278 g/mol. The Labute approximate surface area is 111 Å². The van der Waals surface area contributed by atoms with E-state index in [0.717, 1.165) is 17.6 Å². The first-order chi connectivity index (χ1) is 8.25. The fourth-order valence-corrected chi connectivity index (χ4v) is 3.29. The van der Waals surface area contributed by atoms with Gasteiger partial charge in [0, 0.05) is 10.5 Å². The monoisotopic (exact) mass is 295 g/mol. The highest BCUT2D eigenvalue weighted by Gasteiger charge is 2.31. The van der Waals surface area contributed by atoms with E-state index in [4.69, 9.17) is 0 Å². The van der Waals surface area contributed by atoms with Crippen molar-refractivity contribution in [1.82, 2.24) is 5.32 Å². The van der Waals surface area contributed by atoms with E-state index in [9.17, 15) is 0 Å². The molecule has 1 aromatic carbocycles. The first-order valence-corrected chi connectivity index (χ1v) is 7.10. The fourth-order valence-electron chi connectivity index (χ4n) is 2.94. The first-order valence-electron chi connectivity index (χ1n) is 6.31. The van der Waals surface area contributed by atoms with Crippen LogP contribution in [-0.2, 0) is 0 Å². The highest BCUT2D eigenvalue weighted by molar-refractivity contribution is 9.10. The van der Waals surface area contributed by atoms with Gasteiger partial charge in [-0.3, -0.25) is 0 Å². The van der Waals surface area contributed by atoms with Crippen LogP contribution in [0.3, 0.4) is 0 Å². The van der Waals surface area contributed by atoms with Crippen molar-refractivity contribution in [3.8, 4) is 0 Å². The van der Waals surface area contributed by atoms with Crippen LogP contribution in [0.25, 0.3) is 0 Å². The van der Waals surface area contributed by atoms with Gasteiger partial charge < -0.3 is 15.5 Å². The van der Waals surface area contributed by atoms with Gasteiger partial charge in [0.2, 0.25) is 0 Å². The van der Waals surface area contributed by atoms with Crippen LogP contribution in [0.2, 0.25) is 0 Å². The number of halogens is 1. The third-order valence-corrected chi connectivity index (χ3v) is 4.21. The summed E-state index contributed by atoms with van der Waals surface area (Å²) in [6, 6.07) is 7.16. The summed E-state index contributed by atoms with van der Waals surface area (Å²) in [7, 11) is 0. The van der Waals surface area contributed by atoms with Crippen LogP contribution >= 0.6 is 15.9 Å². The first kappa shape index (κ1) is 11.4. The Hall–Kier alpha value is -0.740. The van der Waals surface area contributed by atoms with Gasteiger partial charge in [-0.2, -0.15) is 0 Å². The lowest BCUT2D eigenvalue weighted by Crippen LogP contribution is -2.47. The molecule has 1 fully saturated rings. The lowest BCUT2D eigenvalue weighted by Gasteiger charge is -2.36. The van der Waals surface area contributed by atoms with E-state index in [1.807, 2.05) is 0 Å². The highest BCUT2D eigenvalue weighted by Crippen LogP contribution is 2.39. The number of nitrogens with one attached hydrogen (secondary N) is 2. The average Bonchev–Trinajstić information content (AvgIpc) is 2.65. The predicted octanol–water partition coefficient (Wildman–Crippen LogP) is 2.78. The Kier molecular flexibility index (Phi) is 3.01. The molecule has 0 aromatic heterocycles. The molecule has 1 atom stereocenters. The molecule has 2 heterocycles. The normalized spacial score (nSPS) is 24.6. The number of hydrogen-bond acceptors (Lipinski definition) is 3. The van der Waals surface area contributed by atoms with E-state index in [2.05, 4.69) is 56.6 Å². The summed E-state index contributed by atoms with van der Waals surface area (Å²) in [4.78, 5) is 2.54. The maximum absolute atomic E-state index is 3.57. The van der Waals surface area contributed by atoms with E-state index < -0.39 is 0 Å². The van der Waals surface area contributed by atoms with Gasteiger partial charge in [-0.1, -0.05) is 15.9 Å². The molecule has 1 aromatic rings. The van der Waals surface area contributed by atoms with Crippen LogP contribution in [0.15, 0.2) is 22.7 Å². The average molecular weight is 296 g/mol. The quantitative estimate of drug-likeness (QED) is 0.834. The topological polar surface area (TPSA) is 27.3 Å². The van der Waals surface area contributed by atoms with Crippen LogP contribution in [0.5, 0.6) is 0 Å². The molecule has 4 heteroatoms. The molecule has 0 radical (unpaired) electrons. The standard InChI is InChI=1S/C13H18BrN3/c1-9-16-12-3-2-10(14)8-13(12)17(9)11-4-6-15-7-5-11/h2-3,8-9,11,15-16H,4-7H2,1H3. The maximum atomic E-state index is 3.57. The van der Waals surface area contributed by atoms with Gasteiger partial charge in [-0.15, -0.1) is 0 Å². The van der Waals surface area contributed by atoms with Crippen molar-refractivity contribution in [2.75, 3.05) is 23.3 Å². The SMILES string of the molecule is CC1Nc2ccc(Br)cc2N1C1CCNCC1. The summed E-state index contributed by atoms with van der Waals surface area (Å²) in [6.45, 7) is 4.52. The van der Waals surface area contributed by atoms with Crippen molar-refractivity contribution in [2.24, 2.45) is 0 Å². The largest absolute Gasteiger partial charge is 0.364 e. The van der Waals surface area contributed by atoms with Crippen molar-refractivity contribution in [3.63, 3.8) is 0 Å². The van der Waals surface area contributed by atoms with Gasteiger partial charge in [0.1, 0.15) is 0 Å². The fraction of sp³-hybridized carbons (Fsp3) is 0.538. The third kappa shape index (κ3) is 2.04. The van der Waals surface area contributed by atoms with Crippen LogP contribution < -0.4 is 15.5 Å². The zero-order chi connectivity index (χ0) is 11.8. The van der Waals surface area contributed by atoms with Gasteiger partial charge in [0.25, 0.3) is 0 Å². The minimum Gasteiger partial charge on any atom is -0.364 e. The molecule has 3 rings (SSSR count). The lowest BCUT2D eigenvalue weighted by molar-refractivity contribution is 0.420. The molecule has 1 saturated heterocycles. The smallest absolute Gasteiger partial charge is 0.0965 e. The number of nitrogens with zero attached hydrogens (tertiary/aromatic N) is 1. The second-order valence-corrected chi connectivity index (χ2v) is 5.79. The Bertz CT molecular complexity index is 415. The predicted molar refractivity (Wildman–Crippen MR) is 75.6 cm³/mol. The van der Waals surface area contributed by atoms with Gasteiger partial charge in [-0.05, 0) is 51.1 Å². The molecule has 0 bridgehead atoms. The lowest BCUT2D eigenvalue weighted by atomic mass is 10.0. The van der Waals surface area contributed by atoms with Gasteiger partial charge >= 0.3 is 0 Å². The number of rotatable bonds is 1. The van der Waals surface area contributed by atoms with Gasteiger partial charge in [0.05, 0.1) is 17.5 Å². The Morgan fingerprint density at radius 2 is 2.06 bits per heavy atom. The van der Waals surface area contributed by atoms with Gasteiger partial charge in [-0.25, -0.2) is 0 Å². The Morgan fingerprint density at radius 1 is 1.29 bits per heavy atom. The Balaban J connectivity index is 1.92. The second kappa shape index (κ2) is 4.50. The molecule has 2 aliphatic heterocycles. The molecule has 0 saturated carbocycles. The number of anilines is 2. The molecular formula is C13H18BrN3. The highest BCUT2D eigenvalue weighted by atomic mass is 79.9. The van der Waals surface area contributed by atoms with Crippen molar-refractivity contribution < 1.29 is 0 Å². The molecule has 92 valence electrons. The molecule has 0 amide bonds. The molecule has 0 spiro atoms. The zero-order valence-electron chi connectivity index (χ0n) is 10.0. The second-order valence-electron chi connectivity index (χ2n) is 4.87. The molecule has 1 unspecified atom stereocenters. The number of benzene rings is 1. The summed E-state index contributed by atoms with van der Waals surface area (Å²) >= 11 is 3.57. The van der Waals surface area contributed by atoms with E-state index in [1.165, 1.54) is 24.2 Å². The van der Waals surface area contributed by atoms with Crippen LogP contribution in [0, 0.1) is 0 Å². The number of piperidine rings is 1. The minimum atomic E-state index is 0.405. The third-order valence-electron chi connectivity index (χ3n) is 3.72.